The van der Waals surface area contributed by atoms with Crippen molar-refractivity contribution in [2.24, 2.45) is 17.6 Å². The molecule has 3 heteroatoms. The fraction of sp³-hybridized carbons (Fsp3) is 1.00. The van der Waals surface area contributed by atoms with E-state index in [4.69, 9.17) is 5.73 Å². The minimum atomic E-state index is -0.456. The van der Waals surface area contributed by atoms with Gasteiger partial charge in [-0.25, -0.2) is 0 Å². The van der Waals surface area contributed by atoms with E-state index in [-0.39, 0.29) is 0 Å². The molecule has 0 bridgehead atoms. The van der Waals surface area contributed by atoms with Gasteiger partial charge in [-0.2, -0.15) is 0 Å². The fourth-order valence-corrected chi connectivity index (χ4v) is 3.88. The minimum absolute atomic E-state index is 0.456. The second kappa shape index (κ2) is 7.05. The molecule has 2 saturated carbocycles. The molecule has 19 heavy (non-hydrogen) atoms. The molecule has 0 aromatic carbocycles. The van der Waals surface area contributed by atoms with Crippen molar-refractivity contribution >= 4 is 0 Å². The van der Waals surface area contributed by atoms with Gasteiger partial charge in [-0.1, -0.05) is 26.2 Å². The second-order valence-corrected chi connectivity index (χ2v) is 6.84. The maximum Gasteiger partial charge on any atom is 0.0771 e. The number of nitrogens with two attached hydrogens (primary N) is 1. The van der Waals surface area contributed by atoms with Crippen molar-refractivity contribution in [3.8, 4) is 0 Å². The molecule has 2 rings (SSSR count). The molecule has 2 aliphatic rings. The zero-order chi connectivity index (χ0) is 13.7. The van der Waals surface area contributed by atoms with E-state index < -0.39 is 5.60 Å². The van der Waals surface area contributed by atoms with Gasteiger partial charge in [-0.15, -0.1) is 0 Å². The largest absolute Gasteiger partial charge is 0.389 e. The standard InChI is InChI=1S/C16H32N2O/c1-2-13-7-9-16(19,10-8-13)12-18-15-6-4-3-5-14(15)11-17/h13-15,18-19H,2-12,17H2,1H3. The summed E-state index contributed by atoms with van der Waals surface area (Å²) in [6.07, 6.45) is 10.7. The topological polar surface area (TPSA) is 58.3 Å². The summed E-state index contributed by atoms with van der Waals surface area (Å²) in [4.78, 5) is 0. The Morgan fingerprint density at radius 3 is 2.47 bits per heavy atom. The first-order chi connectivity index (χ1) is 9.17. The van der Waals surface area contributed by atoms with Gasteiger partial charge in [-0.05, 0) is 56.9 Å². The van der Waals surface area contributed by atoms with E-state index in [1.807, 2.05) is 0 Å². The molecule has 0 amide bonds. The molecule has 0 saturated heterocycles. The van der Waals surface area contributed by atoms with Gasteiger partial charge in [0.05, 0.1) is 5.60 Å². The summed E-state index contributed by atoms with van der Waals surface area (Å²) in [5.41, 5.74) is 5.41. The molecule has 4 N–H and O–H groups in total. The van der Waals surface area contributed by atoms with Crippen molar-refractivity contribution in [2.45, 2.75) is 76.4 Å². The van der Waals surface area contributed by atoms with E-state index >= 15 is 0 Å². The van der Waals surface area contributed by atoms with Crippen LogP contribution in [0.1, 0.15) is 64.7 Å². The molecule has 112 valence electrons. The SMILES string of the molecule is CCC1CCC(O)(CNC2CCCCC2CN)CC1. The van der Waals surface area contributed by atoms with Crippen LogP contribution in [0.4, 0.5) is 0 Å². The predicted octanol–water partition coefficient (Wildman–Crippen LogP) is 2.42. The molecule has 0 heterocycles. The second-order valence-electron chi connectivity index (χ2n) is 6.84. The lowest BCUT2D eigenvalue weighted by Gasteiger charge is -2.39. The third-order valence-electron chi connectivity index (χ3n) is 5.52. The van der Waals surface area contributed by atoms with Gasteiger partial charge in [0.2, 0.25) is 0 Å². The number of nitrogens with one attached hydrogen (secondary N) is 1. The quantitative estimate of drug-likeness (QED) is 0.718. The Balaban J connectivity index is 1.77. The zero-order valence-corrected chi connectivity index (χ0v) is 12.5. The molecule has 3 nitrogen and oxygen atoms in total. The Morgan fingerprint density at radius 2 is 1.84 bits per heavy atom. The average Bonchev–Trinajstić information content (AvgIpc) is 2.46. The first-order valence-electron chi connectivity index (χ1n) is 8.32. The van der Waals surface area contributed by atoms with Crippen molar-refractivity contribution in [2.75, 3.05) is 13.1 Å². The van der Waals surface area contributed by atoms with Gasteiger partial charge in [0, 0.05) is 12.6 Å². The first-order valence-corrected chi connectivity index (χ1v) is 8.32. The highest BCUT2D eigenvalue weighted by Gasteiger charge is 2.34. The maximum absolute atomic E-state index is 10.7. The average molecular weight is 268 g/mol. The van der Waals surface area contributed by atoms with Crippen LogP contribution in [-0.4, -0.2) is 29.8 Å². The third kappa shape index (κ3) is 4.17. The number of hydrogen-bond donors (Lipinski definition) is 3. The monoisotopic (exact) mass is 268 g/mol. The summed E-state index contributed by atoms with van der Waals surface area (Å²) in [6.45, 7) is 3.82. The van der Waals surface area contributed by atoms with E-state index in [9.17, 15) is 5.11 Å². The molecule has 0 spiro atoms. The van der Waals surface area contributed by atoms with Crippen molar-refractivity contribution in [3.05, 3.63) is 0 Å². The van der Waals surface area contributed by atoms with Gasteiger partial charge >= 0.3 is 0 Å². The van der Waals surface area contributed by atoms with Gasteiger partial charge in [-0.3, -0.25) is 0 Å². The third-order valence-corrected chi connectivity index (χ3v) is 5.52. The molecule has 0 aromatic rings. The van der Waals surface area contributed by atoms with Crippen LogP contribution >= 0.6 is 0 Å². The Kier molecular flexibility index (Phi) is 5.67. The van der Waals surface area contributed by atoms with Crippen molar-refractivity contribution in [1.82, 2.24) is 5.32 Å². The summed E-state index contributed by atoms with van der Waals surface area (Å²) >= 11 is 0. The lowest BCUT2D eigenvalue weighted by Crippen LogP contribution is -2.50. The zero-order valence-electron chi connectivity index (χ0n) is 12.5. The Morgan fingerprint density at radius 1 is 1.16 bits per heavy atom. The van der Waals surface area contributed by atoms with Crippen molar-refractivity contribution < 1.29 is 5.11 Å². The van der Waals surface area contributed by atoms with Crippen LogP contribution in [0.15, 0.2) is 0 Å². The number of aliphatic hydroxyl groups is 1. The van der Waals surface area contributed by atoms with E-state index in [0.717, 1.165) is 31.8 Å². The van der Waals surface area contributed by atoms with Crippen LogP contribution in [0.5, 0.6) is 0 Å². The van der Waals surface area contributed by atoms with Gasteiger partial charge in [0.15, 0.2) is 0 Å². The van der Waals surface area contributed by atoms with Crippen LogP contribution in [0.3, 0.4) is 0 Å². The molecule has 2 atom stereocenters. The predicted molar refractivity (Wildman–Crippen MR) is 80.0 cm³/mol. The van der Waals surface area contributed by atoms with Crippen LogP contribution in [0.2, 0.25) is 0 Å². The van der Waals surface area contributed by atoms with Crippen LogP contribution in [0, 0.1) is 11.8 Å². The molecule has 0 aliphatic heterocycles. The Bertz CT molecular complexity index is 261. The Labute approximate surface area is 118 Å². The summed E-state index contributed by atoms with van der Waals surface area (Å²) in [7, 11) is 0. The number of rotatable bonds is 5. The lowest BCUT2D eigenvalue weighted by atomic mass is 9.77. The lowest BCUT2D eigenvalue weighted by molar-refractivity contribution is -0.0130. The highest BCUT2D eigenvalue weighted by Crippen LogP contribution is 2.33. The van der Waals surface area contributed by atoms with Gasteiger partial charge in [0.25, 0.3) is 0 Å². The van der Waals surface area contributed by atoms with Crippen molar-refractivity contribution in [1.29, 1.82) is 0 Å². The van der Waals surface area contributed by atoms with E-state index in [1.165, 1.54) is 44.9 Å². The normalized spacial score (nSPS) is 40.3. The van der Waals surface area contributed by atoms with Crippen molar-refractivity contribution in [3.63, 3.8) is 0 Å². The van der Waals surface area contributed by atoms with E-state index in [1.54, 1.807) is 0 Å². The molecule has 2 unspecified atom stereocenters. The summed E-state index contributed by atoms with van der Waals surface area (Å²) in [5, 5.41) is 14.3. The van der Waals surface area contributed by atoms with Crippen LogP contribution in [-0.2, 0) is 0 Å². The summed E-state index contributed by atoms with van der Waals surface area (Å²) in [5.74, 6) is 1.45. The smallest absolute Gasteiger partial charge is 0.0771 e. The summed E-state index contributed by atoms with van der Waals surface area (Å²) < 4.78 is 0. The first kappa shape index (κ1) is 15.3. The van der Waals surface area contributed by atoms with Gasteiger partial charge in [0.1, 0.15) is 0 Å². The molecule has 2 aliphatic carbocycles. The van der Waals surface area contributed by atoms with Crippen LogP contribution in [0.25, 0.3) is 0 Å². The molecule has 0 radical (unpaired) electrons. The maximum atomic E-state index is 10.7. The molecular formula is C16H32N2O. The molecule has 0 aromatic heterocycles. The number of hydrogen-bond acceptors (Lipinski definition) is 3. The highest BCUT2D eigenvalue weighted by molar-refractivity contribution is 4.90. The Hall–Kier alpha value is -0.120. The molecule has 2 fully saturated rings. The van der Waals surface area contributed by atoms with E-state index in [0.29, 0.717) is 12.0 Å². The highest BCUT2D eigenvalue weighted by atomic mass is 16.3. The minimum Gasteiger partial charge on any atom is -0.389 e. The molecular weight excluding hydrogens is 236 g/mol. The summed E-state index contributed by atoms with van der Waals surface area (Å²) in [6, 6.07) is 0.534. The fourth-order valence-electron chi connectivity index (χ4n) is 3.88. The van der Waals surface area contributed by atoms with Crippen LogP contribution < -0.4 is 11.1 Å². The van der Waals surface area contributed by atoms with E-state index in [2.05, 4.69) is 12.2 Å². The van der Waals surface area contributed by atoms with Gasteiger partial charge < -0.3 is 16.2 Å².